The van der Waals surface area contributed by atoms with Crippen LogP contribution in [0.5, 0.6) is 0 Å². The summed E-state index contributed by atoms with van der Waals surface area (Å²) in [4.78, 5) is 0. The van der Waals surface area contributed by atoms with Crippen molar-refractivity contribution < 1.29 is 35.3 Å². The molecule has 0 aromatic rings. The van der Waals surface area contributed by atoms with E-state index in [9.17, 15) is 0 Å². The first-order valence-corrected chi connectivity index (χ1v) is 5.40. The van der Waals surface area contributed by atoms with Crippen molar-refractivity contribution in [1.82, 2.24) is 0 Å². The molecule has 2 saturated carbocycles. The number of rotatable bonds is 0. The summed E-state index contributed by atoms with van der Waals surface area (Å²) in [6.45, 7) is 0. The quantitative estimate of drug-likeness (QED) is 0.484. The van der Waals surface area contributed by atoms with E-state index in [1.165, 1.54) is 16.3 Å². The van der Waals surface area contributed by atoms with E-state index in [1.807, 2.05) is 0 Å². The van der Waals surface area contributed by atoms with E-state index in [4.69, 9.17) is 0 Å². The normalized spacial score (nSPS) is 47.1. The predicted octanol–water partition coefficient (Wildman–Crippen LogP) is -0.854. The summed E-state index contributed by atoms with van der Waals surface area (Å²) in [6.07, 6.45) is 6.35. The first-order valence-electron chi connectivity index (χ1n) is 3.69. The van der Waals surface area contributed by atoms with Crippen LogP contribution >= 0.6 is 0 Å². The maximum absolute atomic E-state index is 1.60. The Bertz CT molecular complexity index is 103. The van der Waals surface area contributed by atoms with E-state index in [2.05, 4.69) is 0 Å². The Morgan fingerprint density at radius 1 is 1.11 bits per heavy atom. The monoisotopic (exact) mass is 238 g/mol. The average molecular weight is 240 g/mol. The SMILES string of the molecule is [Br-].[Zn+][CH]1CC2CCC1C2. The fraction of sp³-hybridized carbons (Fsp3) is 1.00. The van der Waals surface area contributed by atoms with Gasteiger partial charge in [0.05, 0.1) is 0 Å². The van der Waals surface area contributed by atoms with Crippen molar-refractivity contribution in [2.45, 2.75) is 30.2 Å². The van der Waals surface area contributed by atoms with E-state index in [0.29, 0.717) is 0 Å². The summed E-state index contributed by atoms with van der Waals surface area (Å²) >= 11 is 1.57. The van der Waals surface area contributed by atoms with Crippen LogP contribution in [0.1, 0.15) is 25.7 Å². The van der Waals surface area contributed by atoms with E-state index < -0.39 is 0 Å². The molecule has 0 aliphatic heterocycles. The Labute approximate surface area is 77.2 Å². The Hall–Kier alpha value is 1.10. The molecule has 0 spiro atoms. The zero-order chi connectivity index (χ0) is 5.56. The van der Waals surface area contributed by atoms with Crippen LogP contribution in [-0.4, -0.2) is 0 Å². The third-order valence-electron chi connectivity index (χ3n) is 2.88. The van der Waals surface area contributed by atoms with Gasteiger partial charge in [-0.2, -0.15) is 0 Å². The van der Waals surface area contributed by atoms with E-state index in [-0.39, 0.29) is 17.0 Å². The molecule has 0 N–H and O–H groups in total. The zero-order valence-corrected chi connectivity index (χ0v) is 10.2. The van der Waals surface area contributed by atoms with Crippen LogP contribution in [0.15, 0.2) is 0 Å². The number of hydrogen-bond donors (Lipinski definition) is 0. The van der Waals surface area contributed by atoms with Crippen molar-refractivity contribution in [1.29, 1.82) is 0 Å². The first kappa shape index (κ1) is 8.20. The Kier molecular flexibility index (Phi) is 2.74. The molecule has 2 bridgehead atoms. The van der Waals surface area contributed by atoms with Crippen molar-refractivity contribution in [2.24, 2.45) is 11.8 Å². The van der Waals surface area contributed by atoms with Gasteiger partial charge in [0.25, 0.3) is 0 Å². The van der Waals surface area contributed by atoms with Crippen molar-refractivity contribution in [3.05, 3.63) is 0 Å². The van der Waals surface area contributed by atoms with Gasteiger partial charge in [0, 0.05) is 0 Å². The van der Waals surface area contributed by atoms with Crippen LogP contribution in [0, 0.1) is 11.8 Å². The molecule has 0 amide bonds. The summed E-state index contributed by atoms with van der Waals surface area (Å²) < 4.78 is 1.20. The molecule has 0 aromatic heterocycles. The zero-order valence-electron chi connectivity index (χ0n) is 5.65. The molecule has 0 saturated heterocycles. The van der Waals surface area contributed by atoms with Gasteiger partial charge in [-0.3, -0.25) is 0 Å². The summed E-state index contributed by atoms with van der Waals surface area (Å²) in [5.74, 6) is 2.37. The second-order valence-corrected chi connectivity index (χ2v) is 5.64. The van der Waals surface area contributed by atoms with Gasteiger partial charge in [-0.15, -0.1) is 0 Å². The summed E-state index contributed by atoms with van der Waals surface area (Å²) in [7, 11) is 0. The van der Waals surface area contributed by atoms with Crippen molar-refractivity contribution in [3.8, 4) is 0 Å². The average Bonchev–Trinajstić information content (AvgIpc) is 2.23. The molecular weight excluding hydrogens is 229 g/mol. The summed E-state index contributed by atoms with van der Waals surface area (Å²) in [6, 6.07) is 0. The number of fused-ring (bicyclic) bond motifs is 2. The maximum atomic E-state index is 1.60. The van der Waals surface area contributed by atoms with Gasteiger partial charge in [0.15, 0.2) is 0 Å². The van der Waals surface area contributed by atoms with Gasteiger partial charge in [-0.05, 0) is 0 Å². The molecule has 3 atom stereocenters. The third-order valence-corrected chi connectivity index (χ3v) is 4.98. The van der Waals surface area contributed by atoms with E-state index >= 15 is 0 Å². The molecule has 2 fully saturated rings. The van der Waals surface area contributed by atoms with Crippen molar-refractivity contribution >= 4 is 0 Å². The summed E-state index contributed by atoms with van der Waals surface area (Å²) in [5, 5.41) is 0. The molecule has 2 aliphatic carbocycles. The van der Waals surface area contributed by atoms with Gasteiger partial charge in [-0.25, -0.2) is 0 Å². The van der Waals surface area contributed by atoms with Gasteiger partial charge in [0.2, 0.25) is 0 Å². The van der Waals surface area contributed by atoms with E-state index in [0.717, 1.165) is 0 Å². The second kappa shape index (κ2) is 3.01. The van der Waals surface area contributed by atoms with Crippen LogP contribution in [0.25, 0.3) is 0 Å². The molecule has 2 rings (SSSR count). The number of hydrogen-bond acceptors (Lipinski definition) is 0. The predicted molar refractivity (Wildman–Crippen MR) is 29.2 cm³/mol. The minimum absolute atomic E-state index is 0. The molecule has 2 heteroatoms. The molecule has 9 heavy (non-hydrogen) atoms. The molecule has 0 nitrogen and oxygen atoms in total. The minimum atomic E-state index is 0. The van der Waals surface area contributed by atoms with Gasteiger partial charge in [-0.1, -0.05) is 0 Å². The Balaban J connectivity index is 0.000000405. The van der Waals surface area contributed by atoms with Gasteiger partial charge in [0.1, 0.15) is 0 Å². The fourth-order valence-electron chi connectivity index (χ4n) is 2.38. The molecule has 3 unspecified atom stereocenters. The Morgan fingerprint density at radius 3 is 2.11 bits per heavy atom. The second-order valence-electron chi connectivity index (χ2n) is 3.43. The van der Waals surface area contributed by atoms with Crippen LogP contribution in [0.3, 0.4) is 0 Å². The molecular formula is C7H11BrZn. The molecule has 0 radical (unpaired) electrons. The summed E-state index contributed by atoms with van der Waals surface area (Å²) in [5.41, 5.74) is 0. The van der Waals surface area contributed by atoms with Crippen LogP contribution in [-0.2, 0) is 18.3 Å². The van der Waals surface area contributed by atoms with E-state index in [1.54, 1.807) is 44.0 Å². The molecule has 48 valence electrons. The topological polar surface area (TPSA) is 0 Å². The van der Waals surface area contributed by atoms with Crippen LogP contribution in [0.4, 0.5) is 0 Å². The van der Waals surface area contributed by atoms with Gasteiger partial charge < -0.3 is 17.0 Å². The van der Waals surface area contributed by atoms with Crippen molar-refractivity contribution in [3.63, 3.8) is 0 Å². The molecule has 0 aromatic carbocycles. The molecule has 0 heterocycles. The third kappa shape index (κ3) is 1.40. The van der Waals surface area contributed by atoms with Crippen LogP contribution in [0.2, 0.25) is 4.51 Å². The number of halogens is 1. The molecule has 2 aliphatic rings. The van der Waals surface area contributed by atoms with Gasteiger partial charge >= 0.3 is 60.3 Å². The Morgan fingerprint density at radius 2 is 1.89 bits per heavy atom. The fourth-order valence-corrected chi connectivity index (χ4v) is 4.26. The van der Waals surface area contributed by atoms with Crippen molar-refractivity contribution in [2.75, 3.05) is 0 Å². The van der Waals surface area contributed by atoms with Crippen LogP contribution < -0.4 is 17.0 Å². The first-order chi connectivity index (χ1) is 3.86. The standard InChI is InChI=1S/C7H11.BrH.Zn/c1-2-7-4-3-6(1)5-7;;/h1,6-7H,2-5H2;1H;/q;;+1/p-1.